The molecule has 0 aromatic rings. The van der Waals surface area contributed by atoms with E-state index in [2.05, 4.69) is 17.6 Å². The third-order valence-corrected chi connectivity index (χ3v) is 4.21. The van der Waals surface area contributed by atoms with Crippen molar-refractivity contribution < 1.29 is 4.79 Å². The molecule has 1 aliphatic carbocycles. The molecule has 1 heterocycles. The third-order valence-electron chi connectivity index (χ3n) is 4.21. The Morgan fingerprint density at radius 3 is 2.76 bits per heavy atom. The Hall–Kier alpha value is -0.570. The van der Waals surface area contributed by atoms with Crippen molar-refractivity contribution in [1.82, 2.24) is 10.6 Å². The summed E-state index contributed by atoms with van der Waals surface area (Å²) in [6.07, 6.45) is 9.59. The quantitative estimate of drug-likeness (QED) is 0.724. The summed E-state index contributed by atoms with van der Waals surface area (Å²) in [5, 5.41) is 6.68. The van der Waals surface area contributed by atoms with Crippen molar-refractivity contribution in [3.05, 3.63) is 0 Å². The average molecular weight is 238 g/mol. The van der Waals surface area contributed by atoms with Crippen LogP contribution >= 0.6 is 0 Å². The molecule has 1 saturated heterocycles. The van der Waals surface area contributed by atoms with Crippen LogP contribution in [0.5, 0.6) is 0 Å². The lowest BCUT2D eigenvalue weighted by Crippen LogP contribution is -2.39. The maximum Gasteiger partial charge on any atom is 0.221 e. The summed E-state index contributed by atoms with van der Waals surface area (Å²) in [5.41, 5.74) is 0. The Balaban J connectivity index is 1.80. The Labute approximate surface area is 105 Å². The largest absolute Gasteiger partial charge is 0.356 e. The van der Waals surface area contributed by atoms with Crippen LogP contribution in [0.1, 0.15) is 58.3 Å². The van der Waals surface area contributed by atoms with Crippen LogP contribution in [0.25, 0.3) is 0 Å². The van der Waals surface area contributed by atoms with Crippen molar-refractivity contribution >= 4 is 5.91 Å². The first-order valence-electron chi connectivity index (χ1n) is 7.27. The van der Waals surface area contributed by atoms with Gasteiger partial charge < -0.3 is 10.6 Å². The smallest absolute Gasteiger partial charge is 0.221 e. The third kappa shape index (κ3) is 4.30. The molecule has 3 heteroatoms. The molecule has 2 aliphatic rings. The molecule has 3 atom stereocenters. The van der Waals surface area contributed by atoms with Gasteiger partial charge in [-0.1, -0.05) is 19.8 Å². The van der Waals surface area contributed by atoms with Gasteiger partial charge in [0.25, 0.3) is 0 Å². The molecule has 17 heavy (non-hydrogen) atoms. The lowest BCUT2D eigenvalue weighted by Gasteiger charge is -2.23. The normalized spacial score (nSPS) is 35.8. The second-order valence-electron chi connectivity index (χ2n) is 5.87. The predicted molar refractivity (Wildman–Crippen MR) is 69.8 cm³/mol. The first kappa shape index (κ1) is 12.9. The fourth-order valence-electron chi connectivity index (χ4n) is 3.10. The van der Waals surface area contributed by atoms with Crippen LogP contribution in [-0.2, 0) is 4.79 Å². The van der Waals surface area contributed by atoms with Crippen LogP contribution in [0.2, 0.25) is 0 Å². The second kappa shape index (κ2) is 6.39. The summed E-state index contributed by atoms with van der Waals surface area (Å²) in [7, 11) is 0. The number of hydrogen-bond acceptors (Lipinski definition) is 2. The predicted octanol–water partition coefficient (Wildman–Crippen LogP) is 2.21. The van der Waals surface area contributed by atoms with Gasteiger partial charge >= 0.3 is 0 Å². The highest BCUT2D eigenvalue weighted by molar-refractivity contribution is 5.76. The van der Waals surface area contributed by atoms with E-state index in [1.807, 2.05) is 0 Å². The Morgan fingerprint density at radius 2 is 1.88 bits per heavy atom. The Kier molecular flexibility index (Phi) is 4.84. The average Bonchev–Trinajstić information content (AvgIpc) is 2.61. The lowest BCUT2D eigenvalue weighted by molar-refractivity contribution is -0.121. The zero-order valence-electron chi connectivity index (χ0n) is 11.0. The van der Waals surface area contributed by atoms with E-state index in [0.717, 1.165) is 25.3 Å². The maximum atomic E-state index is 11.5. The van der Waals surface area contributed by atoms with Crippen molar-refractivity contribution in [1.29, 1.82) is 0 Å². The summed E-state index contributed by atoms with van der Waals surface area (Å²) in [6.45, 7) is 3.22. The van der Waals surface area contributed by atoms with Crippen LogP contribution in [0, 0.1) is 5.92 Å². The molecule has 2 N–H and O–H groups in total. The zero-order chi connectivity index (χ0) is 12.1. The van der Waals surface area contributed by atoms with Crippen molar-refractivity contribution in [2.45, 2.75) is 70.4 Å². The molecule has 1 amide bonds. The van der Waals surface area contributed by atoms with E-state index >= 15 is 0 Å². The van der Waals surface area contributed by atoms with Crippen LogP contribution in [0.15, 0.2) is 0 Å². The number of carbonyl (C=O) groups is 1. The van der Waals surface area contributed by atoms with E-state index < -0.39 is 0 Å². The highest BCUT2D eigenvalue weighted by atomic mass is 16.1. The minimum Gasteiger partial charge on any atom is -0.356 e. The van der Waals surface area contributed by atoms with Gasteiger partial charge in [-0.2, -0.15) is 0 Å². The van der Waals surface area contributed by atoms with Crippen LogP contribution in [0.3, 0.4) is 0 Å². The summed E-state index contributed by atoms with van der Waals surface area (Å²) in [4.78, 5) is 11.5. The van der Waals surface area contributed by atoms with Crippen LogP contribution < -0.4 is 10.6 Å². The van der Waals surface area contributed by atoms with Crippen molar-refractivity contribution in [2.24, 2.45) is 5.92 Å². The summed E-state index contributed by atoms with van der Waals surface area (Å²) >= 11 is 0. The first-order valence-corrected chi connectivity index (χ1v) is 7.27. The molecule has 0 radical (unpaired) electrons. The fraction of sp³-hybridized carbons (Fsp3) is 0.929. The van der Waals surface area contributed by atoms with Crippen LogP contribution in [-0.4, -0.2) is 24.5 Å². The van der Waals surface area contributed by atoms with Crippen molar-refractivity contribution in [3.63, 3.8) is 0 Å². The summed E-state index contributed by atoms with van der Waals surface area (Å²) < 4.78 is 0. The van der Waals surface area contributed by atoms with Gasteiger partial charge in [-0.3, -0.25) is 4.79 Å². The maximum absolute atomic E-state index is 11.5. The van der Waals surface area contributed by atoms with Gasteiger partial charge in [0.2, 0.25) is 5.91 Å². The molecule has 2 fully saturated rings. The number of hydrogen-bond donors (Lipinski definition) is 2. The van der Waals surface area contributed by atoms with E-state index in [0.29, 0.717) is 18.5 Å². The number of amides is 1. The minimum atomic E-state index is 0.224. The minimum absolute atomic E-state index is 0.224. The Morgan fingerprint density at radius 1 is 1.06 bits per heavy atom. The molecule has 1 aliphatic heterocycles. The Bertz CT molecular complexity index is 255. The molecular weight excluding hydrogens is 212 g/mol. The van der Waals surface area contributed by atoms with E-state index in [-0.39, 0.29) is 5.91 Å². The monoisotopic (exact) mass is 238 g/mol. The SMILES string of the molecule is CC1CCCC(NC2CCCNC(=O)C2)CC1. The van der Waals surface area contributed by atoms with E-state index in [1.54, 1.807) is 0 Å². The van der Waals surface area contributed by atoms with Gasteiger partial charge in [0.05, 0.1) is 0 Å². The second-order valence-corrected chi connectivity index (χ2v) is 5.87. The highest BCUT2D eigenvalue weighted by Gasteiger charge is 2.22. The fourth-order valence-corrected chi connectivity index (χ4v) is 3.10. The highest BCUT2D eigenvalue weighted by Crippen LogP contribution is 2.23. The lowest BCUT2D eigenvalue weighted by atomic mass is 10.0. The van der Waals surface area contributed by atoms with Gasteiger partial charge in [-0.05, 0) is 38.0 Å². The van der Waals surface area contributed by atoms with Crippen molar-refractivity contribution in [3.8, 4) is 0 Å². The zero-order valence-corrected chi connectivity index (χ0v) is 11.0. The number of nitrogens with one attached hydrogen (secondary N) is 2. The van der Waals surface area contributed by atoms with E-state index in [4.69, 9.17) is 0 Å². The molecule has 0 bridgehead atoms. The molecule has 3 nitrogen and oxygen atoms in total. The number of carbonyl (C=O) groups excluding carboxylic acids is 1. The van der Waals surface area contributed by atoms with Crippen LogP contribution in [0.4, 0.5) is 0 Å². The molecule has 2 rings (SSSR count). The van der Waals surface area contributed by atoms with Gasteiger partial charge in [0.1, 0.15) is 0 Å². The molecule has 3 unspecified atom stereocenters. The van der Waals surface area contributed by atoms with Gasteiger partial charge in [0, 0.05) is 25.0 Å². The number of rotatable bonds is 2. The van der Waals surface area contributed by atoms with Gasteiger partial charge in [-0.15, -0.1) is 0 Å². The molecule has 0 aromatic heterocycles. The molecule has 98 valence electrons. The molecule has 0 spiro atoms. The van der Waals surface area contributed by atoms with E-state index in [9.17, 15) is 4.79 Å². The first-order chi connectivity index (χ1) is 8.24. The van der Waals surface area contributed by atoms with Gasteiger partial charge in [-0.25, -0.2) is 0 Å². The molecular formula is C14H26N2O. The summed E-state index contributed by atoms with van der Waals surface area (Å²) in [6, 6.07) is 1.06. The topological polar surface area (TPSA) is 41.1 Å². The standard InChI is InChI=1S/C14H26N2O/c1-11-4-2-5-12(8-7-11)16-13-6-3-9-15-14(17)10-13/h11-13,16H,2-10H2,1H3,(H,15,17). The van der Waals surface area contributed by atoms with Crippen molar-refractivity contribution in [2.75, 3.05) is 6.54 Å². The summed E-state index contributed by atoms with van der Waals surface area (Å²) in [5.74, 6) is 1.11. The molecule has 1 saturated carbocycles. The van der Waals surface area contributed by atoms with Gasteiger partial charge in [0.15, 0.2) is 0 Å². The molecule has 0 aromatic carbocycles. The van der Waals surface area contributed by atoms with E-state index in [1.165, 1.54) is 32.1 Å².